The normalized spacial score (nSPS) is 13.5. The topological polar surface area (TPSA) is 93.1 Å². The van der Waals surface area contributed by atoms with Gasteiger partial charge in [-0.05, 0) is 18.6 Å². The summed E-state index contributed by atoms with van der Waals surface area (Å²) in [4.78, 5) is 22.6. The molecule has 122 valence electrons. The summed E-state index contributed by atoms with van der Waals surface area (Å²) in [5, 5.41) is 20.7. The minimum absolute atomic E-state index is 0.135. The van der Waals surface area contributed by atoms with Crippen LogP contribution in [0, 0.1) is 12.8 Å². The van der Waals surface area contributed by atoms with E-state index in [0.717, 1.165) is 5.56 Å². The zero-order valence-electron chi connectivity index (χ0n) is 13.3. The summed E-state index contributed by atoms with van der Waals surface area (Å²) in [7, 11) is 0. The van der Waals surface area contributed by atoms with E-state index in [-0.39, 0.29) is 17.2 Å². The number of ether oxygens (including phenoxy) is 2. The van der Waals surface area contributed by atoms with Gasteiger partial charge in [0.2, 0.25) is 0 Å². The molecule has 0 radical (unpaired) electrons. The maximum atomic E-state index is 11.6. The van der Waals surface area contributed by atoms with Crippen molar-refractivity contribution in [1.82, 2.24) is 0 Å². The van der Waals surface area contributed by atoms with Crippen LogP contribution >= 0.6 is 0 Å². The van der Waals surface area contributed by atoms with Gasteiger partial charge in [0.25, 0.3) is 0 Å². The quantitative estimate of drug-likeness (QED) is 0.776. The van der Waals surface area contributed by atoms with Crippen molar-refractivity contribution in [3.63, 3.8) is 0 Å². The average molecular weight is 310 g/mol. The number of aliphatic hydroxyl groups is 1. The Balaban J connectivity index is 3.04. The molecule has 0 aliphatic rings. The minimum Gasteiger partial charge on any atom is -0.508 e. The number of aromatic hydroxyl groups is 1. The van der Waals surface area contributed by atoms with Crippen LogP contribution in [0.4, 0.5) is 0 Å². The monoisotopic (exact) mass is 310 g/mol. The molecule has 1 aromatic rings. The third-order valence-corrected chi connectivity index (χ3v) is 3.09. The number of benzene rings is 1. The van der Waals surface area contributed by atoms with Crippen molar-refractivity contribution < 1.29 is 29.3 Å². The molecule has 0 heterocycles. The molecule has 0 aliphatic carbocycles. The molecule has 6 nitrogen and oxygen atoms in total. The van der Waals surface area contributed by atoms with Gasteiger partial charge >= 0.3 is 11.9 Å². The minimum atomic E-state index is -1.81. The zero-order chi connectivity index (χ0) is 16.9. The van der Waals surface area contributed by atoms with Gasteiger partial charge in [0, 0.05) is 12.5 Å². The lowest BCUT2D eigenvalue weighted by Gasteiger charge is -2.28. The van der Waals surface area contributed by atoms with Crippen LogP contribution in [0.1, 0.15) is 31.9 Å². The lowest BCUT2D eigenvalue weighted by atomic mass is 9.93. The van der Waals surface area contributed by atoms with E-state index in [4.69, 9.17) is 9.47 Å². The van der Waals surface area contributed by atoms with E-state index in [2.05, 4.69) is 0 Å². The SMILES string of the molecule is CC(=O)OCC(O)(COC(=O)C(C)C)c1ccc(C)cc1O. The first-order valence-electron chi connectivity index (χ1n) is 6.98. The molecule has 1 aromatic carbocycles. The van der Waals surface area contributed by atoms with Crippen LogP contribution in [0.5, 0.6) is 5.75 Å². The summed E-state index contributed by atoms with van der Waals surface area (Å²) in [6.45, 7) is 5.47. The van der Waals surface area contributed by atoms with E-state index in [1.54, 1.807) is 26.8 Å². The first-order valence-corrected chi connectivity index (χ1v) is 6.98. The molecule has 0 aromatic heterocycles. The van der Waals surface area contributed by atoms with E-state index >= 15 is 0 Å². The Morgan fingerprint density at radius 1 is 1.23 bits per heavy atom. The number of carbonyl (C=O) groups is 2. The Hall–Kier alpha value is -2.08. The van der Waals surface area contributed by atoms with E-state index in [9.17, 15) is 19.8 Å². The predicted octanol–water partition coefficient (Wildman–Crippen LogP) is 1.65. The Bertz CT molecular complexity index is 552. The lowest BCUT2D eigenvalue weighted by molar-refractivity contribution is -0.165. The van der Waals surface area contributed by atoms with E-state index in [0.29, 0.717) is 0 Å². The highest BCUT2D eigenvalue weighted by Crippen LogP contribution is 2.31. The molecular formula is C16H22O6. The van der Waals surface area contributed by atoms with Gasteiger partial charge in [0.05, 0.1) is 5.92 Å². The van der Waals surface area contributed by atoms with Crippen molar-refractivity contribution in [2.45, 2.75) is 33.3 Å². The fourth-order valence-electron chi connectivity index (χ4n) is 1.81. The number of rotatable bonds is 6. The van der Waals surface area contributed by atoms with Crippen molar-refractivity contribution in [1.29, 1.82) is 0 Å². The summed E-state index contributed by atoms with van der Waals surface area (Å²) >= 11 is 0. The molecule has 6 heteroatoms. The highest BCUT2D eigenvalue weighted by molar-refractivity contribution is 5.71. The number of hydrogen-bond acceptors (Lipinski definition) is 6. The van der Waals surface area contributed by atoms with E-state index in [1.807, 2.05) is 0 Å². The number of aryl methyl sites for hydroxylation is 1. The van der Waals surface area contributed by atoms with Crippen LogP contribution < -0.4 is 0 Å². The predicted molar refractivity (Wildman–Crippen MR) is 79.2 cm³/mol. The van der Waals surface area contributed by atoms with Gasteiger partial charge in [-0.25, -0.2) is 0 Å². The summed E-state index contributed by atoms with van der Waals surface area (Å²) in [5.41, 5.74) is -0.875. The second-order valence-electron chi connectivity index (χ2n) is 5.59. The van der Waals surface area contributed by atoms with Crippen LogP contribution in [0.25, 0.3) is 0 Å². The first-order chi connectivity index (χ1) is 10.2. The van der Waals surface area contributed by atoms with Gasteiger partial charge < -0.3 is 19.7 Å². The standard InChI is InChI=1S/C16H22O6/c1-10(2)15(19)22-9-16(20,8-21-12(4)17)13-6-5-11(3)7-14(13)18/h5-7,10,18,20H,8-9H2,1-4H3. The summed E-state index contributed by atoms with van der Waals surface area (Å²) in [6, 6.07) is 4.67. The number of hydrogen-bond donors (Lipinski definition) is 2. The molecule has 1 rings (SSSR count). The van der Waals surface area contributed by atoms with Crippen molar-refractivity contribution in [3.05, 3.63) is 29.3 Å². The second kappa shape index (κ2) is 7.26. The molecule has 0 bridgehead atoms. The Morgan fingerprint density at radius 3 is 2.32 bits per heavy atom. The van der Waals surface area contributed by atoms with Crippen LogP contribution in [0.2, 0.25) is 0 Å². The van der Waals surface area contributed by atoms with Crippen molar-refractivity contribution in [2.75, 3.05) is 13.2 Å². The van der Waals surface area contributed by atoms with Gasteiger partial charge in [-0.15, -0.1) is 0 Å². The van der Waals surface area contributed by atoms with Crippen LogP contribution in [0.3, 0.4) is 0 Å². The number of phenolic OH excluding ortho intramolecular Hbond substituents is 1. The maximum Gasteiger partial charge on any atom is 0.308 e. The molecule has 2 N–H and O–H groups in total. The number of carbonyl (C=O) groups excluding carboxylic acids is 2. The molecule has 22 heavy (non-hydrogen) atoms. The van der Waals surface area contributed by atoms with Gasteiger partial charge in [0.1, 0.15) is 19.0 Å². The molecular weight excluding hydrogens is 288 g/mol. The highest BCUT2D eigenvalue weighted by atomic mass is 16.6. The van der Waals surface area contributed by atoms with Crippen LogP contribution in [0.15, 0.2) is 18.2 Å². The molecule has 0 saturated heterocycles. The number of esters is 2. The summed E-state index contributed by atoms with van der Waals surface area (Å²) in [5.74, 6) is -1.59. The number of phenols is 1. The average Bonchev–Trinajstić information content (AvgIpc) is 2.42. The van der Waals surface area contributed by atoms with E-state index in [1.165, 1.54) is 19.1 Å². The zero-order valence-corrected chi connectivity index (χ0v) is 13.3. The van der Waals surface area contributed by atoms with Crippen molar-refractivity contribution in [2.24, 2.45) is 5.92 Å². The fraction of sp³-hybridized carbons (Fsp3) is 0.500. The Labute approximate surface area is 129 Å². The smallest absolute Gasteiger partial charge is 0.308 e. The fourth-order valence-corrected chi connectivity index (χ4v) is 1.81. The van der Waals surface area contributed by atoms with Crippen molar-refractivity contribution >= 4 is 11.9 Å². The van der Waals surface area contributed by atoms with Gasteiger partial charge in [-0.1, -0.05) is 26.0 Å². The maximum absolute atomic E-state index is 11.6. The van der Waals surface area contributed by atoms with Crippen LogP contribution in [-0.2, 0) is 24.7 Å². The Morgan fingerprint density at radius 2 is 1.82 bits per heavy atom. The summed E-state index contributed by atoms with van der Waals surface area (Å²) in [6.07, 6.45) is 0. The van der Waals surface area contributed by atoms with Gasteiger partial charge in [-0.3, -0.25) is 9.59 Å². The third-order valence-electron chi connectivity index (χ3n) is 3.09. The molecule has 0 spiro atoms. The van der Waals surface area contributed by atoms with Gasteiger partial charge in [-0.2, -0.15) is 0 Å². The largest absolute Gasteiger partial charge is 0.508 e. The summed E-state index contributed by atoms with van der Waals surface area (Å²) < 4.78 is 9.90. The molecule has 0 amide bonds. The molecule has 0 fully saturated rings. The van der Waals surface area contributed by atoms with E-state index < -0.39 is 30.8 Å². The van der Waals surface area contributed by atoms with Gasteiger partial charge in [0.15, 0.2) is 5.60 Å². The molecule has 0 aliphatic heterocycles. The first kappa shape index (κ1) is 18.0. The molecule has 1 unspecified atom stereocenters. The molecule has 1 atom stereocenters. The van der Waals surface area contributed by atoms with Crippen LogP contribution in [-0.4, -0.2) is 35.4 Å². The Kier molecular flexibility index (Phi) is 5.93. The second-order valence-corrected chi connectivity index (χ2v) is 5.59. The molecule has 0 saturated carbocycles. The highest BCUT2D eigenvalue weighted by Gasteiger charge is 2.35. The lowest BCUT2D eigenvalue weighted by Crippen LogP contribution is -2.39. The third kappa shape index (κ3) is 4.73. The van der Waals surface area contributed by atoms with Crippen molar-refractivity contribution in [3.8, 4) is 5.75 Å².